The van der Waals surface area contributed by atoms with E-state index in [0.717, 1.165) is 6.42 Å². The molecule has 0 amide bonds. The fraction of sp³-hybridized carbons (Fsp3) is 1.00. The number of rotatable bonds is 20. The minimum atomic E-state index is 0.144. The third kappa shape index (κ3) is 20.1. The van der Waals surface area contributed by atoms with E-state index in [2.05, 4.69) is 6.92 Å². The van der Waals surface area contributed by atoms with Crippen molar-refractivity contribution < 1.29 is 0 Å². The molecule has 152 valence electrons. The van der Waals surface area contributed by atoms with E-state index in [4.69, 9.17) is 11.5 Å². The van der Waals surface area contributed by atoms with Gasteiger partial charge in [0, 0.05) is 12.1 Å². The maximum atomic E-state index is 5.96. The van der Waals surface area contributed by atoms with Crippen molar-refractivity contribution in [2.75, 3.05) is 0 Å². The van der Waals surface area contributed by atoms with Gasteiger partial charge in [0.15, 0.2) is 0 Å². The lowest BCUT2D eigenvalue weighted by atomic mass is 10.0. The van der Waals surface area contributed by atoms with Crippen molar-refractivity contribution >= 4 is 0 Å². The largest absolute Gasteiger partial charge is 0.327 e. The number of nitrogens with two attached hydrogens (primary N) is 2. The first-order valence-corrected chi connectivity index (χ1v) is 11.7. The first kappa shape index (κ1) is 24.9. The predicted octanol–water partition coefficient (Wildman–Crippen LogP) is 7.09. The summed E-state index contributed by atoms with van der Waals surface area (Å²) < 4.78 is 0. The van der Waals surface area contributed by atoms with Gasteiger partial charge in [-0.05, 0) is 13.3 Å². The Morgan fingerprint density at radius 1 is 0.480 bits per heavy atom. The van der Waals surface area contributed by atoms with Crippen LogP contribution in [0.4, 0.5) is 0 Å². The van der Waals surface area contributed by atoms with Crippen LogP contribution in [0.25, 0.3) is 0 Å². The molecule has 0 rings (SSSR count). The van der Waals surface area contributed by atoms with Gasteiger partial charge in [0.25, 0.3) is 0 Å². The topological polar surface area (TPSA) is 52.0 Å². The highest BCUT2D eigenvalue weighted by atomic mass is 14.8. The third-order valence-corrected chi connectivity index (χ3v) is 5.57. The molecule has 0 aliphatic heterocycles. The van der Waals surface area contributed by atoms with Crippen LogP contribution in [0.15, 0.2) is 0 Å². The summed E-state index contributed by atoms with van der Waals surface area (Å²) in [6, 6.07) is 0.340. The maximum Gasteiger partial charge on any atom is 0.0189 e. The van der Waals surface area contributed by atoms with Crippen LogP contribution in [-0.4, -0.2) is 12.1 Å². The van der Waals surface area contributed by atoms with Gasteiger partial charge in [-0.3, -0.25) is 0 Å². The zero-order valence-corrected chi connectivity index (χ0v) is 17.7. The molecule has 0 saturated heterocycles. The van der Waals surface area contributed by atoms with E-state index in [-0.39, 0.29) is 12.1 Å². The summed E-state index contributed by atoms with van der Waals surface area (Å²) in [7, 11) is 0. The van der Waals surface area contributed by atoms with Gasteiger partial charge < -0.3 is 11.5 Å². The standard InChI is InChI=1S/C23H50N2/c1-3-4-5-6-7-8-9-10-11-12-13-14-15-16-17-18-19-20-21-23(25)22(2)24/h22-23H,3-21,24-25H2,1-2H3. The molecule has 0 fully saturated rings. The Morgan fingerprint density at radius 2 is 0.760 bits per heavy atom. The first-order chi connectivity index (χ1) is 12.2. The molecule has 0 aliphatic carbocycles. The van der Waals surface area contributed by atoms with E-state index in [0.29, 0.717) is 0 Å². The van der Waals surface area contributed by atoms with E-state index in [1.54, 1.807) is 0 Å². The van der Waals surface area contributed by atoms with E-state index < -0.39 is 0 Å². The number of hydrogen-bond donors (Lipinski definition) is 2. The second-order valence-corrected chi connectivity index (χ2v) is 8.32. The Morgan fingerprint density at radius 3 is 1.04 bits per heavy atom. The number of hydrogen-bond acceptors (Lipinski definition) is 2. The minimum absolute atomic E-state index is 0.144. The highest BCUT2D eigenvalue weighted by Crippen LogP contribution is 2.14. The highest BCUT2D eigenvalue weighted by Gasteiger charge is 2.06. The van der Waals surface area contributed by atoms with E-state index >= 15 is 0 Å². The fourth-order valence-electron chi connectivity index (χ4n) is 3.54. The highest BCUT2D eigenvalue weighted by molar-refractivity contribution is 4.70. The Labute approximate surface area is 159 Å². The molecule has 0 bridgehead atoms. The SMILES string of the molecule is CCCCCCCCCCCCCCCCCCCCC(N)C(C)N. The second-order valence-electron chi connectivity index (χ2n) is 8.32. The van der Waals surface area contributed by atoms with Gasteiger partial charge >= 0.3 is 0 Å². The fourth-order valence-corrected chi connectivity index (χ4v) is 3.54. The first-order valence-electron chi connectivity index (χ1n) is 11.7. The Bertz CT molecular complexity index is 240. The van der Waals surface area contributed by atoms with Gasteiger partial charge in [-0.25, -0.2) is 0 Å². The summed E-state index contributed by atoms with van der Waals surface area (Å²) >= 11 is 0. The maximum absolute atomic E-state index is 5.96. The molecule has 2 atom stereocenters. The average molecular weight is 355 g/mol. The molecule has 0 heterocycles. The van der Waals surface area contributed by atoms with Gasteiger partial charge in [0.05, 0.1) is 0 Å². The molecule has 0 aromatic heterocycles. The Balaban J connectivity index is 3.03. The van der Waals surface area contributed by atoms with Crippen LogP contribution in [0.5, 0.6) is 0 Å². The van der Waals surface area contributed by atoms with Crippen LogP contribution in [-0.2, 0) is 0 Å². The molecule has 2 nitrogen and oxygen atoms in total. The molecular formula is C23H50N2. The van der Waals surface area contributed by atoms with Gasteiger partial charge in [-0.2, -0.15) is 0 Å². The number of unbranched alkanes of at least 4 members (excludes halogenated alkanes) is 17. The normalized spacial score (nSPS) is 13.9. The van der Waals surface area contributed by atoms with Crippen LogP contribution in [0.3, 0.4) is 0 Å². The predicted molar refractivity (Wildman–Crippen MR) is 115 cm³/mol. The van der Waals surface area contributed by atoms with Crippen LogP contribution < -0.4 is 11.5 Å². The summed E-state index contributed by atoms with van der Waals surface area (Å²) in [6.45, 7) is 4.31. The van der Waals surface area contributed by atoms with Crippen molar-refractivity contribution in [1.82, 2.24) is 0 Å². The van der Waals surface area contributed by atoms with Gasteiger partial charge in [-0.15, -0.1) is 0 Å². The average Bonchev–Trinajstić information content (AvgIpc) is 2.60. The molecule has 2 heteroatoms. The zero-order chi connectivity index (χ0) is 18.6. The van der Waals surface area contributed by atoms with Crippen LogP contribution >= 0.6 is 0 Å². The van der Waals surface area contributed by atoms with E-state index in [1.807, 2.05) is 6.92 Å². The Hall–Kier alpha value is -0.0800. The quantitative estimate of drug-likeness (QED) is 0.229. The molecule has 0 aromatic rings. The van der Waals surface area contributed by atoms with Crippen molar-refractivity contribution in [2.24, 2.45) is 11.5 Å². The molecule has 0 radical (unpaired) electrons. The molecule has 4 N–H and O–H groups in total. The van der Waals surface area contributed by atoms with Gasteiger partial charge in [-0.1, -0.05) is 122 Å². The summed E-state index contributed by atoms with van der Waals surface area (Å²) in [5.41, 5.74) is 11.8. The third-order valence-electron chi connectivity index (χ3n) is 5.57. The smallest absolute Gasteiger partial charge is 0.0189 e. The lowest BCUT2D eigenvalue weighted by Gasteiger charge is -2.14. The minimum Gasteiger partial charge on any atom is -0.327 e. The van der Waals surface area contributed by atoms with Crippen LogP contribution in [0, 0.1) is 0 Å². The molecule has 0 aliphatic rings. The summed E-state index contributed by atoms with van der Waals surface area (Å²) in [5.74, 6) is 0. The lowest BCUT2D eigenvalue weighted by molar-refractivity contribution is 0.480. The molecule has 0 aromatic carbocycles. The monoisotopic (exact) mass is 354 g/mol. The Kier molecular flexibility index (Phi) is 20.2. The van der Waals surface area contributed by atoms with Gasteiger partial charge in [0.2, 0.25) is 0 Å². The molecular weight excluding hydrogens is 304 g/mol. The van der Waals surface area contributed by atoms with Crippen molar-refractivity contribution in [1.29, 1.82) is 0 Å². The summed E-state index contributed by atoms with van der Waals surface area (Å²) in [6.07, 6.45) is 26.8. The van der Waals surface area contributed by atoms with E-state index in [1.165, 1.54) is 116 Å². The molecule has 0 spiro atoms. The molecule has 2 unspecified atom stereocenters. The zero-order valence-electron chi connectivity index (χ0n) is 17.7. The van der Waals surface area contributed by atoms with Gasteiger partial charge in [0.1, 0.15) is 0 Å². The molecule has 0 saturated carbocycles. The molecule has 25 heavy (non-hydrogen) atoms. The van der Waals surface area contributed by atoms with Crippen LogP contribution in [0.2, 0.25) is 0 Å². The van der Waals surface area contributed by atoms with Crippen molar-refractivity contribution in [3.63, 3.8) is 0 Å². The summed E-state index contributed by atoms with van der Waals surface area (Å²) in [5, 5.41) is 0. The van der Waals surface area contributed by atoms with Crippen molar-refractivity contribution in [3.05, 3.63) is 0 Å². The van der Waals surface area contributed by atoms with Crippen molar-refractivity contribution in [3.8, 4) is 0 Å². The summed E-state index contributed by atoms with van der Waals surface area (Å²) in [4.78, 5) is 0. The van der Waals surface area contributed by atoms with E-state index in [9.17, 15) is 0 Å². The van der Waals surface area contributed by atoms with Crippen molar-refractivity contribution in [2.45, 2.75) is 148 Å². The second kappa shape index (κ2) is 20.2. The van der Waals surface area contributed by atoms with Crippen LogP contribution in [0.1, 0.15) is 136 Å². The lowest BCUT2D eigenvalue weighted by Crippen LogP contribution is -2.38.